The molecular formula is C73H84Br4IMg3N19SnZn2. The normalized spacial score (nSPS) is 10.0. The van der Waals surface area contributed by atoms with Crippen molar-refractivity contribution in [2.75, 3.05) is 0 Å². The third-order valence-electron chi connectivity index (χ3n) is 15.1. The quantitative estimate of drug-likeness (QED) is 0.0626. The molecule has 0 aliphatic rings. The number of nitrogens with zero attached hydrogens (tertiary/aromatic N) is 19. The number of pyridine rings is 7. The van der Waals surface area contributed by atoms with Gasteiger partial charge in [-0.25, -0.2) is 0 Å². The van der Waals surface area contributed by atoms with Crippen LogP contribution < -0.4 is 54.8 Å². The summed E-state index contributed by atoms with van der Waals surface area (Å²) in [6.07, 6.45) is 37.2. The van der Waals surface area contributed by atoms with Crippen molar-refractivity contribution in [3.05, 3.63) is 254 Å². The summed E-state index contributed by atoms with van der Waals surface area (Å²) >= 11 is 5.25. The van der Waals surface area contributed by atoms with Crippen LogP contribution in [-0.4, -0.2) is 180 Å². The average Bonchev–Trinajstić information content (AvgIpc) is 1.69. The van der Waals surface area contributed by atoms with Gasteiger partial charge in [-0.3, -0.25) is 25.1 Å². The van der Waals surface area contributed by atoms with Crippen LogP contribution in [0.2, 0.25) is 13.3 Å². The van der Waals surface area contributed by atoms with Crippen LogP contribution in [0.15, 0.2) is 183 Å². The van der Waals surface area contributed by atoms with Crippen LogP contribution in [0.3, 0.4) is 0 Å². The molecule has 0 aliphatic carbocycles. The molecule has 0 bridgehead atoms. The van der Waals surface area contributed by atoms with Gasteiger partial charge in [0.05, 0.1) is 29.1 Å². The maximum absolute atomic E-state index is 4.79. The Balaban J connectivity index is 0.00000121. The van der Waals surface area contributed by atoms with Crippen molar-refractivity contribution in [1.29, 1.82) is 0 Å². The van der Waals surface area contributed by atoms with Crippen LogP contribution in [0.5, 0.6) is 0 Å². The van der Waals surface area contributed by atoms with E-state index in [0.717, 1.165) is 85.8 Å². The fraction of sp³-hybridized carbons (Fsp3) is 0.301. The summed E-state index contributed by atoms with van der Waals surface area (Å²) in [6.45, 7) is 25.2. The molecule has 13 rings (SSSR count). The van der Waals surface area contributed by atoms with Crippen LogP contribution in [0.1, 0.15) is 120 Å². The van der Waals surface area contributed by atoms with Crippen molar-refractivity contribution in [1.82, 2.24) is 92.9 Å². The van der Waals surface area contributed by atoms with Gasteiger partial charge in [0.25, 0.3) is 0 Å². The number of aromatic nitrogens is 19. The molecule has 0 atom stereocenters. The number of imidazole rings is 2. The first-order valence-corrected chi connectivity index (χ1v) is 55.7. The molecule has 0 saturated heterocycles. The SMILES string of the molecule is CC(C)(C)c1c[c-]n(-c2ccccn2)n1.CCC[CH2][Sn]([CH2]CCC)([CH2]CCC)[c]1nnc(C)n1-c1ccccn1.Cc1c2ncccc2[c-]n1-c1ccccn1.Cc1c[c-]n(-c2ccccn2)n1.Cc1cn(-c2ccccn2)[c-]n1.Cc1n[c-]n(-c2ccccn2)c1C.[Br-].[Br-].[Br-].[Mg+2].[Mg+2].[Mg+2].[Zn+][Br].[Zn+][I]. The van der Waals surface area contributed by atoms with E-state index < -0.39 is 18.4 Å². The van der Waals surface area contributed by atoms with Gasteiger partial charge in [0.15, 0.2) is 0 Å². The molecular weight excluding hydrogens is 1910 g/mol. The van der Waals surface area contributed by atoms with Gasteiger partial charge in [0.1, 0.15) is 0 Å². The number of fused-ring (bicyclic) bond motifs is 1. The second-order valence-corrected chi connectivity index (χ2v) is 36.1. The van der Waals surface area contributed by atoms with E-state index in [9.17, 15) is 0 Å². The first-order valence-electron chi connectivity index (χ1n) is 32.2. The van der Waals surface area contributed by atoms with E-state index in [0.29, 0.717) is 0 Å². The summed E-state index contributed by atoms with van der Waals surface area (Å²) in [5.41, 5.74) is 7.08. The van der Waals surface area contributed by atoms with Gasteiger partial charge in [-0.1, -0.05) is 169 Å². The Bertz CT molecular complexity index is 4190. The number of unbranched alkanes of at least 4 members (excludes halogenated alkanes) is 3. The summed E-state index contributed by atoms with van der Waals surface area (Å²) in [5, 5.41) is 18.9. The number of hydrogen-bond acceptors (Lipinski definition) is 13. The summed E-state index contributed by atoms with van der Waals surface area (Å²) in [4.78, 5) is 38.1. The molecule has 0 aliphatic heterocycles. The Morgan fingerprint density at radius 3 is 1.30 bits per heavy atom. The van der Waals surface area contributed by atoms with Gasteiger partial charge in [-0.15, -0.1) is 18.2 Å². The fourth-order valence-corrected chi connectivity index (χ4v) is 25.7. The van der Waals surface area contributed by atoms with Crippen molar-refractivity contribution < 1.29 is 82.1 Å². The molecule has 13 heterocycles. The molecule has 0 fully saturated rings. The second-order valence-electron chi connectivity index (χ2n) is 23.3. The summed E-state index contributed by atoms with van der Waals surface area (Å²) in [7, 11) is 0. The molecule has 0 aromatic carbocycles. The Labute approximate surface area is 730 Å². The van der Waals surface area contributed by atoms with Crippen LogP contribution in [0.25, 0.3) is 45.8 Å². The van der Waals surface area contributed by atoms with Gasteiger partial charge in [0.2, 0.25) is 0 Å². The Hall–Kier alpha value is -3.44. The van der Waals surface area contributed by atoms with Crippen molar-refractivity contribution in [3.8, 4) is 34.9 Å². The van der Waals surface area contributed by atoms with E-state index in [1.807, 2.05) is 177 Å². The predicted molar refractivity (Wildman–Crippen MR) is 409 cm³/mol. The first-order chi connectivity index (χ1) is 47.1. The van der Waals surface area contributed by atoms with Crippen molar-refractivity contribution >= 4 is 136 Å². The van der Waals surface area contributed by atoms with Crippen LogP contribution in [0, 0.1) is 72.8 Å². The van der Waals surface area contributed by atoms with E-state index >= 15 is 0 Å². The number of halogens is 5. The Kier molecular flexibility index (Phi) is 52.4. The minimum atomic E-state index is -2.62. The maximum atomic E-state index is 4.79. The molecule has 13 aromatic heterocycles. The van der Waals surface area contributed by atoms with Crippen LogP contribution in [0.4, 0.5) is 0 Å². The van der Waals surface area contributed by atoms with Crippen LogP contribution >= 0.6 is 33.4 Å². The van der Waals surface area contributed by atoms with Gasteiger partial charge in [-0.05, 0) is 58.8 Å². The van der Waals surface area contributed by atoms with E-state index in [2.05, 4.69) is 190 Å². The van der Waals surface area contributed by atoms with Gasteiger partial charge in [0, 0.05) is 49.8 Å². The zero-order valence-electron chi connectivity index (χ0n) is 61.1. The summed E-state index contributed by atoms with van der Waals surface area (Å²) < 4.78 is 16.7. The molecule has 0 unspecified atom stereocenters. The monoisotopic (exact) mass is 1990 g/mol. The number of rotatable bonds is 16. The first kappa shape index (κ1) is 99.6. The zero-order chi connectivity index (χ0) is 70.0. The van der Waals surface area contributed by atoms with Crippen molar-refractivity contribution in [2.45, 2.75) is 140 Å². The molecule has 520 valence electrons. The molecule has 0 radical (unpaired) electrons. The van der Waals surface area contributed by atoms with Gasteiger partial charge >= 0.3 is 291 Å². The summed E-state index contributed by atoms with van der Waals surface area (Å²) in [5.74, 6) is 6.15. The third kappa shape index (κ3) is 31.2. The number of hydrogen-bond donors (Lipinski definition) is 0. The van der Waals surface area contributed by atoms with Gasteiger partial charge < -0.3 is 98.9 Å². The predicted octanol–water partition coefficient (Wildman–Crippen LogP) is 5.95. The Morgan fingerprint density at radius 1 is 0.476 bits per heavy atom. The second kappa shape index (κ2) is 54.2. The average molecular weight is 2000 g/mol. The Morgan fingerprint density at radius 2 is 0.913 bits per heavy atom. The molecule has 103 heavy (non-hydrogen) atoms. The van der Waals surface area contributed by atoms with E-state index in [-0.39, 0.29) is 126 Å². The standard InChI is InChI=1S/C13H10N3.C12H14N3.C10H10N3.2C9H8N3.C8H7N4.3C4H9.4BrH.HI.3Mg.Sn.2Zn/c1-10-13-11(5-4-8-15-13)9-16(10)12-6-2-3-7-14-12;1-12(2,3)10-7-9-15(14-10)11-6-4-5-8-13-11;1-8-9(2)13(7-12-8)10-5-3-4-6-11-10;1-8-5-7-12(11-8)9-4-2-3-6-10-9;1-8-6-12(7-11-8)9-4-2-3-5-10-9;1-7-11-10-6-12(7)8-4-2-3-5-9-8;3*1-3-4-2;;;;;;;;;;;/h2-8H,1H3;4-8H,1-3H3;3-6H,1-2H3;2*2-6H,1H3;2-5H,1H3;3*1,3-4H2,2H3;5*1H;;;;;;/q5*-1;;;;;;;;;;3*+2;;2*+2/p-5. The molecule has 0 N–H and O–H groups in total. The zero-order valence-corrected chi connectivity index (χ0v) is 82.6. The third-order valence-corrected chi connectivity index (χ3v) is 29.9. The van der Waals surface area contributed by atoms with Crippen LogP contribution in [-0.2, 0) is 36.5 Å². The molecule has 19 nitrogen and oxygen atoms in total. The summed E-state index contributed by atoms with van der Waals surface area (Å²) in [6, 6.07) is 42.6. The minimum absolute atomic E-state index is 0. The number of aryl methyl sites for hydroxylation is 5. The van der Waals surface area contributed by atoms with Crippen molar-refractivity contribution in [3.63, 3.8) is 0 Å². The van der Waals surface area contributed by atoms with Gasteiger partial charge in [-0.2, -0.15) is 0 Å². The molecule has 0 saturated carbocycles. The molecule has 13 aromatic rings. The molecule has 0 amide bonds. The van der Waals surface area contributed by atoms with Crippen molar-refractivity contribution in [2.24, 2.45) is 0 Å². The molecule has 0 spiro atoms. The van der Waals surface area contributed by atoms with E-state index in [1.54, 1.807) is 51.1 Å². The van der Waals surface area contributed by atoms with E-state index in [4.69, 9.17) is 5.10 Å². The fourth-order valence-electron chi connectivity index (χ4n) is 9.89. The van der Waals surface area contributed by atoms with E-state index in [1.165, 1.54) is 86.8 Å². The topological polar surface area (TPSA) is 197 Å². The molecule has 30 heteroatoms.